The van der Waals surface area contributed by atoms with E-state index in [1.165, 1.54) is 4.31 Å². The molecule has 0 radical (unpaired) electrons. The fraction of sp³-hybridized carbons (Fsp3) is 0.900. The Hall–Kier alpha value is -0.660. The minimum atomic E-state index is -3.34. The summed E-state index contributed by atoms with van der Waals surface area (Å²) in [4.78, 5) is 11.4. The van der Waals surface area contributed by atoms with Crippen molar-refractivity contribution < 1.29 is 13.2 Å². The molecule has 0 aromatic carbocycles. The van der Waals surface area contributed by atoms with Crippen molar-refractivity contribution in [3.05, 3.63) is 0 Å². The van der Waals surface area contributed by atoms with Gasteiger partial charge >= 0.3 is 0 Å². The smallest absolute Gasteiger partial charge is 0.235 e. The number of amides is 1. The van der Waals surface area contributed by atoms with Crippen molar-refractivity contribution in [2.24, 2.45) is 5.73 Å². The van der Waals surface area contributed by atoms with E-state index in [2.05, 4.69) is 5.32 Å². The molecule has 0 unspecified atom stereocenters. The monoisotopic (exact) mass is 265 g/mol. The molecule has 0 aromatic rings. The molecule has 17 heavy (non-hydrogen) atoms. The number of hydrogen-bond donors (Lipinski definition) is 2. The van der Waals surface area contributed by atoms with Gasteiger partial charge in [0.05, 0.1) is 12.3 Å². The fourth-order valence-electron chi connectivity index (χ4n) is 1.38. The normalized spacial score (nSPS) is 11.8. The van der Waals surface area contributed by atoms with Crippen molar-refractivity contribution in [2.45, 2.75) is 26.7 Å². The second-order valence-corrected chi connectivity index (χ2v) is 5.78. The lowest BCUT2D eigenvalue weighted by atomic mass is 10.3. The Morgan fingerprint density at radius 3 is 2.41 bits per heavy atom. The first kappa shape index (κ1) is 16.3. The van der Waals surface area contributed by atoms with E-state index in [1.807, 2.05) is 0 Å². The van der Waals surface area contributed by atoms with Crippen molar-refractivity contribution >= 4 is 15.9 Å². The maximum Gasteiger partial charge on any atom is 0.235 e. The quantitative estimate of drug-likeness (QED) is 0.550. The molecule has 0 aliphatic heterocycles. The average Bonchev–Trinajstić information content (AvgIpc) is 2.26. The molecule has 0 aliphatic rings. The largest absolute Gasteiger partial charge is 0.355 e. The van der Waals surface area contributed by atoms with Crippen LogP contribution in [0.1, 0.15) is 26.7 Å². The Kier molecular flexibility index (Phi) is 8.11. The van der Waals surface area contributed by atoms with Crippen molar-refractivity contribution in [1.29, 1.82) is 0 Å². The molecule has 1 amide bonds. The Morgan fingerprint density at radius 1 is 1.29 bits per heavy atom. The summed E-state index contributed by atoms with van der Waals surface area (Å²) in [7, 11) is -3.34. The highest BCUT2D eigenvalue weighted by molar-refractivity contribution is 7.89. The zero-order chi connectivity index (χ0) is 13.3. The summed E-state index contributed by atoms with van der Waals surface area (Å²) in [6.45, 7) is 4.71. The Balaban J connectivity index is 4.36. The number of carbonyl (C=O) groups is 1. The molecule has 102 valence electrons. The van der Waals surface area contributed by atoms with Gasteiger partial charge < -0.3 is 11.1 Å². The number of rotatable bonds is 9. The van der Waals surface area contributed by atoms with Crippen molar-refractivity contribution in [2.75, 3.05) is 31.9 Å². The highest BCUT2D eigenvalue weighted by Gasteiger charge is 2.22. The molecular formula is C10H23N3O3S. The van der Waals surface area contributed by atoms with Crippen molar-refractivity contribution in [3.8, 4) is 0 Å². The number of nitrogens with one attached hydrogen (secondary N) is 1. The molecule has 0 heterocycles. The van der Waals surface area contributed by atoms with E-state index in [-0.39, 0.29) is 18.2 Å². The van der Waals surface area contributed by atoms with E-state index in [4.69, 9.17) is 5.73 Å². The minimum absolute atomic E-state index is 0.0530. The van der Waals surface area contributed by atoms with Gasteiger partial charge in [-0.05, 0) is 26.3 Å². The highest BCUT2D eigenvalue weighted by Crippen LogP contribution is 2.04. The van der Waals surface area contributed by atoms with Gasteiger partial charge in [-0.15, -0.1) is 0 Å². The first-order valence-electron chi connectivity index (χ1n) is 5.92. The lowest BCUT2D eigenvalue weighted by molar-refractivity contribution is -0.121. The first-order valence-corrected chi connectivity index (χ1v) is 7.53. The van der Waals surface area contributed by atoms with Gasteiger partial charge in [0.25, 0.3) is 0 Å². The van der Waals surface area contributed by atoms with E-state index in [0.717, 1.165) is 0 Å². The van der Waals surface area contributed by atoms with Crippen LogP contribution in [0.25, 0.3) is 0 Å². The van der Waals surface area contributed by atoms with Gasteiger partial charge in [-0.25, -0.2) is 8.42 Å². The van der Waals surface area contributed by atoms with E-state index < -0.39 is 10.0 Å². The molecule has 0 bridgehead atoms. The third kappa shape index (κ3) is 6.60. The van der Waals surface area contributed by atoms with E-state index in [9.17, 15) is 13.2 Å². The lowest BCUT2D eigenvalue weighted by Gasteiger charge is -2.19. The van der Waals surface area contributed by atoms with Crippen LogP contribution in [0.3, 0.4) is 0 Å². The number of unbranched alkanes of at least 4 members (excludes halogenated alkanes) is 1. The molecule has 0 atom stereocenters. The standard InChI is InChI=1S/C10H23N3O3S/c1-3-12-10(14)9-13(4-2)17(15,16)8-6-5-7-11/h3-9,11H2,1-2H3,(H,12,14). The van der Waals surface area contributed by atoms with Gasteiger partial charge in [-0.3, -0.25) is 4.79 Å². The van der Waals surface area contributed by atoms with Crippen molar-refractivity contribution in [1.82, 2.24) is 9.62 Å². The number of nitrogens with two attached hydrogens (primary N) is 1. The van der Waals surface area contributed by atoms with E-state index in [1.54, 1.807) is 13.8 Å². The Bertz CT molecular complexity index is 317. The average molecular weight is 265 g/mol. The summed E-state index contributed by atoms with van der Waals surface area (Å²) in [5.41, 5.74) is 5.31. The van der Waals surface area contributed by atoms with E-state index >= 15 is 0 Å². The Labute approximate surface area is 104 Å². The van der Waals surface area contributed by atoms with Gasteiger partial charge in [0.15, 0.2) is 0 Å². The highest BCUT2D eigenvalue weighted by atomic mass is 32.2. The van der Waals surface area contributed by atoms with E-state index in [0.29, 0.717) is 32.5 Å². The van der Waals surface area contributed by atoms with Crippen molar-refractivity contribution in [3.63, 3.8) is 0 Å². The number of sulfonamides is 1. The maximum atomic E-state index is 11.9. The SMILES string of the molecule is CCNC(=O)CN(CC)S(=O)(=O)CCCCN. The molecule has 0 rings (SSSR count). The predicted molar refractivity (Wildman–Crippen MR) is 68.0 cm³/mol. The van der Waals surface area contributed by atoms with Crippen LogP contribution in [0.2, 0.25) is 0 Å². The van der Waals surface area contributed by atoms with Crippen LogP contribution in [-0.4, -0.2) is 50.6 Å². The second kappa shape index (κ2) is 8.43. The van der Waals surface area contributed by atoms with Crippen LogP contribution >= 0.6 is 0 Å². The molecule has 0 fully saturated rings. The molecule has 0 saturated heterocycles. The number of nitrogens with zero attached hydrogens (tertiary/aromatic N) is 1. The molecule has 3 N–H and O–H groups in total. The maximum absolute atomic E-state index is 11.9. The van der Waals surface area contributed by atoms with Gasteiger partial charge in [0.1, 0.15) is 0 Å². The third-order valence-corrected chi connectivity index (χ3v) is 4.28. The summed E-state index contributed by atoms with van der Waals surface area (Å²) in [6, 6.07) is 0. The summed E-state index contributed by atoms with van der Waals surface area (Å²) < 4.78 is 25.0. The minimum Gasteiger partial charge on any atom is -0.355 e. The zero-order valence-electron chi connectivity index (χ0n) is 10.6. The third-order valence-electron chi connectivity index (χ3n) is 2.30. The summed E-state index contributed by atoms with van der Waals surface area (Å²) >= 11 is 0. The molecule has 0 aromatic heterocycles. The first-order chi connectivity index (χ1) is 7.97. The van der Waals surface area contributed by atoms with Gasteiger partial charge in [0.2, 0.25) is 15.9 Å². The second-order valence-electron chi connectivity index (χ2n) is 3.69. The molecule has 6 nitrogen and oxygen atoms in total. The number of likely N-dealkylation sites (N-methyl/N-ethyl adjacent to an activating group) is 2. The molecule has 0 aliphatic carbocycles. The van der Waals surface area contributed by atoms with Gasteiger partial charge in [-0.2, -0.15) is 4.31 Å². The molecular weight excluding hydrogens is 242 g/mol. The Morgan fingerprint density at radius 2 is 1.94 bits per heavy atom. The fourth-order valence-corrected chi connectivity index (χ4v) is 2.91. The molecule has 0 saturated carbocycles. The van der Waals surface area contributed by atoms with Crippen LogP contribution in [0.4, 0.5) is 0 Å². The summed E-state index contributed by atoms with van der Waals surface area (Å²) in [5, 5.41) is 2.58. The van der Waals surface area contributed by atoms with Crippen LogP contribution in [0.15, 0.2) is 0 Å². The zero-order valence-corrected chi connectivity index (χ0v) is 11.4. The lowest BCUT2D eigenvalue weighted by Crippen LogP contribution is -2.41. The number of hydrogen-bond acceptors (Lipinski definition) is 4. The summed E-state index contributed by atoms with van der Waals surface area (Å²) in [6.07, 6.45) is 1.21. The molecule has 0 spiro atoms. The molecule has 7 heteroatoms. The summed E-state index contributed by atoms with van der Waals surface area (Å²) in [5.74, 6) is -0.214. The van der Waals surface area contributed by atoms with Crippen LogP contribution in [-0.2, 0) is 14.8 Å². The van der Waals surface area contributed by atoms with Crippen LogP contribution in [0.5, 0.6) is 0 Å². The van der Waals surface area contributed by atoms with Crippen LogP contribution in [0, 0.1) is 0 Å². The van der Waals surface area contributed by atoms with Crippen LogP contribution < -0.4 is 11.1 Å². The predicted octanol–water partition coefficient (Wildman–Crippen LogP) is -0.487. The van der Waals surface area contributed by atoms with Gasteiger partial charge in [-0.1, -0.05) is 6.92 Å². The van der Waals surface area contributed by atoms with Gasteiger partial charge in [0, 0.05) is 13.1 Å². The topological polar surface area (TPSA) is 92.5 Å². The number of carbonyl (C=O) groups excluding carboxylic acids is 1.